The van der Waals surface area contributed by atoms with E-state index in [9.17, 15) is 14.4 Å². The van der Waals surface area contributed by atoms with Crippen LogP contribution in [0, 0.1) is 0 Å². The Hall–Kier alpha value is -4.21. The van der Waals surface area contributed by atoms with Gasteiger partial charge in [0.2, 0.25) is 0 Å². The number of fused-ring (bicyclic) bond motifs is 1. The summed E-state index contributed by atoms with van der Waals surface area (Å²) in [5.74, 6) is -3.37. The molecule has 3 aromatic rings. The minimum Gasteiger partial charge on any atom is -0.461 e. The van der Waals surface area contributed by atoms with Gasteiger partial charge in [-0.1, -0.05) is 12.1 Å². The summed E-state index contributed by atoms with van der Waals surface area (Å²) in [4.78, 5) is 40.5. The molecule has 10 heteroatoms. The van der Waals surface area contributed by atoms with E-state index >= 15 is 0 Å². The molecule has 2 aromatic heterocycles. The molecule has 1 saturated heterocycles. The number of hydrogen-bond donors (Lipinski definition) is 1. The maximum atomic E-state index is 12.1. The van der Waals surface area contributed by atoms with Gasteiger partial charge in [-0.05, 0) is 25.1 Å². The summed E-state index contributed by atoms with van der Waals surface area (Å²) in [6.07, 6.45) is 2.85. The Balaban J connectivity index is 1.62. The zero-order valence-electron chi connectivity index (χ0n) is 17.6. The maximum absolute atomic E-state index is 12.1. The Morgan fingerprint density at radius 1 is 1.19 bits per heavy atom. The van der Waals surface area contributed by atoms with Crippen LogP contribution in [0.2, 0.25) is 0 Å². The van der Waals surface area contributed by atoms with Crippen LogP contribution in [0.1, 0.15) is 31.3 Å². The molecular weight excluding hydrogens is 416 g/mol. The number of anilines is 1. The number of hydrogen-bond acceptors (Lipinski definition) is 9. The number of nitrogens with zero attached hydrogens (tertiary/aromatic N) is 3. The monoisotopic (exact) mass is 436 g/mol. The van der Waals surface area contributed by atoms with Crippen molar-refractivity contribution in [1.29, 1.82) is 0 Å². The van der Waals surface area contributed by atoms with Gasteiger partial charge in [-0.2, -0.15) is 5.10 Å². The van der Waals surface area contributed by atoms with Crippen molar-refractivity contribution in [3.63, 3.8) is 0 Å². The number of ether oxygens (including phenoxy) is 3. The first kappa shape index (κ1) is 21.0. The van der Waals surface area contributed by atoms with Gasteiger partial charge in [-0.25, -0.2) is 23.9 Å². The molecule has 3 heterocycles. The molecule has 10 nitrogen and oxygen atoms in total. The third kappa shape index (κ3) is 4.15. The molecule has 0 saturated carbocycles. The molecule has 1 fully saturated rings. The number of rotatable bonds is 5. The number of esters is 3. The van der Waals surface area contributed by atoms with Crippen molar-refractivity contribution >= 4 is 29.2 Å². The summed E-state index contributed by atoms with van der Waals surface area (Å²) in [5.41, 5.74) is 2.44. The molecule has 0 amide bonds. The lowest BCUT2D eigenvalue weighted by Gasteiger charge is -2.29. The molecule has 4 rings (SSSR count). The Kier molecular flexibility index (Phi) is 5.35. The first-order valence-corrected chi connectivity index (χ1v) is 9.83. The Morgan fingerprint density at radius 2 is 1.94 bits per heavy atom. The topological polar surface area (TPSA) is 121 Å². The average Bonchev–Trinajstić information content (AvgIpc) is 3.17. The number of benzene rings is 1. The molecule has 1 aliphatic rings. The molecule has 1 aromatic carbocycles. The highest BCUT2D eigenvalue weighted by Gasteiger charge is 2.38. The van der Waals surface area contributed by atoms with E-state index in [-0.39, 0.29) is 17.9 Å². The first-order chi connectivity index (χ1) is 15.3. The van der Waals surface area contributed by atoms with Crippen LogP contribution < -0.4 is 5.32 Å². The fourth-order valence-corrected chi connectivity index (χ4v) is 3.12. The van der Waals surface area contributed by atoms with E-state index in [1.165, 1.54) is 20.0 Å². The first-order valence-electron chi connectivity index (χ1n) is 9.83. The Bertz CT molecular complexity index is 1240. The van der Waals surface area contributed by atoms with Crippen molar-refractivity contribution in [3.05, 3.63) is 60.1 Å². The van der Waals surface area contributed by atoms with Crippen molar-refractivity contribution in [1.82, 2.24) is 14.6 Å². The van der Waals surface area contributed by atoms with Crippen LogP contribution in [0.3, 0.4) is 0 Å². The van der Waals surface area contributed by atoms with E-state index < -0.39 is 23.7 Å². The number of carbonyl (C=O) groups is 3. The van der Waals surface area contributed by atoms with Crippen LogP contribution in [-0.4, -0.2) is 44.9 Å². The standard InChI is InChI=1S/C22H20N4O6/c1-4-30-21(29)16-11-18-23-9-8-17(26(18)25-16)13-6-5-7-14(10-13)24-12-15-19(27)31-22(2,3)32-20(15)28/h5-12,24H,4H2,1-3H3. The predicted octanol–water partition coefficient (Wildman–Crippen LogP) is 2.70. The molecule has 0 spiro atoms. The second-order valence-corrected chi connectivity index (χ2v) is 7.31. The van der Waals surface area contributed by atoms with E-state index in [0.717, 1.165) is 5.56 Å². The van der Waals surface area contributed by atoms with Gasteiger partial charge in [0.15, 0.2) is 16.9 Å². The van der Waals surface area contributed by atoms with Gasteiger partial charge in [0.05, 0.1) is 12.3 Å². The average molecular weight is 436 g/mol. The highest BCUT2D eigenvalue weighted by Crippen LogP contribution is 2.25. The lowest BCUT2D eigenvalue weighted by atomic mass is 10.1. The maximum Gasteiger partial charge on any atom is 0.358 e. The van der Waals surface area contributed by atoms with Crippen LogP contribution in [0.15, 0.2) is 54.4 Å². The molecule has 0 radical (unpaired) electrons. The molecule has 32 heavy (non-hydrogen) atoms. The number of cyclic esters (lactones) is 2. The molecule has 0 unspecified atom stereocenters. The summed E-state index contributed by atoms with van der Waals surface area (Å²) in [5, 5.41) is 7.23. The van der Waals surface area contributed by atoms with E-state index in [0.29, 0.717) is 17.0 Å². The summed E-state index contributed by atoms with van der Waals surface area (Å²) in [6, 6.07) is 10.5. The van der Waals surface area contributed by atoms with Crippen LogP contribution in [-0.2, 0) is 23.8 Å². The number of aromatic nitrogens is 3. The quantitative estimate of drug-likeness (QED) is 0.365. The third-order valence-electron chi connectivity index (χ3n) is 4.50. The zero-order chi connectivity index (χ0) is 22.9. The van der Waals surface area contributed by atoms with E-state index in [2.05, 4.69) is 15.4 Å². The van der Waals surface area contributed by atoms with Crippen molar-refractivity contribution < 1.29 is 28.6 Å². The van der Waals surface area contributed by atoms with Crippen LogP contribution in [0.4, 0.5) is 5.69 Å². The second kappa shape index (κ2) is 8.14. The molecule has 1 N–H and O–H groups in total. The SMILES string of the molecule is CCOC(=O)c1cc2nccc(-c3cccc(NC=C4C(=O)OC(C)(C)OC4=O)c3)n2n1. The lowest BCUT2D eigenvalue weighted by molar-refractivity contribution is -0.222. The van der Waals surface area contributed by atoms with Crippen LogP contribution in [0.25, 0.3) is 16.9 Å². The molecule has 0 aliphatic carbocycles. The van der Waals surface area contributed by atoms with Gasteiger partial charge in [0.1, 0.15) is 0 Å². The van der Waals surface area contributed by atoms with E-state index in [4.69, 9.17) is 14.2 Å². The lowest BCUT2D eigenvalue weighted by Crippen LogP contribution is -2.42. The summed E-state index contributed by atoms with van der Waals surface area (Å²) < 4.78 is 16.7. The molecule has 0 bridgehead atoms. The van der Waals surface area contributed by atoms with Gasteiger partial charge in [-0.3, -0.25) is 0 Å². The van der Waals surface area contributed by atoms with Crippen molar-refractivity contribution in [2.24, 2.45) is 0 Å². The van der Waals surface area contributed by atoms with E-state index in [1.807, 2.05) is 6.07 Å². The van der Waals surface area contributed by atoms with Crippen molar-refractivity contribution in [3.8, 4) is 11.3 Å². The largest absolute Gasteiger partial charge is 0.461 e. The fraction of sp³-hybridized carbons (Fsp3) is 0.227. The van der Waals surface area contributed by atoms with Crippen molar-refractivity contribution in [2.75, 3.05) is 11.9 Å². The highest BCUT2D eigenvalue weighted by atomic mass is 16.7. The normalized spacial score (nSPS) is 15.2. The molecule has 164 valence electrons. The molecule has 1 aliphatic heterocycles. The second-order valence-electron chi connectivity index (χ2n) is 7.31. The molecule has 0 atom stereocenters. The van der Waals surface area contributed by atoms with Gasteiger partial charge >= 0.3 is 17.9 Å². The highest BCUT2D eigenvalue weighted by molar-refractivity contribution is 6.15. The zero-order valence-corrected chi connectivity index (χ0v) is 17.6. The van der Waals surface area contributed by atoms with Gasteiger partial charge in [0, 0.05) is 43.6 Å². The van der Waals surface area contributed by atoms with Crippen LogP contribution >= 0.6 is 0 Å². The fourth-order valence-electron chi connectivity index (χ4n) is 3.12. The Morgan fingerprint density at radius 3 is 2.66 bits per heavy atom. The number of nitrogens with one attached hydrogen (secondary N) is 1. The van der Waals surface area contributed by atoms with Gasteiger partial charge in [0.25, 0.3) is 5.79 Å². The molecular formula is C22H20N4O6. The van der Waals surface area contributed by atoms with Gasteiger partial charge < -0.3 is 19.5 Å². The minimum absolute atomic E-state index is 0.156. The third-order valence-corrected chi connectivity index (χ3v) is 4.50. The summed E-state index contributed by atoms with van der Waals surface area (Å²) >= 11 is 0. The van der Waals surface area contributed by atoms with Crippen molar-refractivity contribution in [2.45, 2.75) is 26.6 Å². The predicted molar refractivity (Wildman–Crippen MR) is 112 cm³/mol. The summed E-state index contributed by atoms with van der Waals surface area (Å²) in [7, 11) is 0. The summed E-state index contributed by atoms with van der Waals surface area (Å²) in [6.45, 7) is 4.93. The van der Waals surface area contributed by atoms with E-state index in [1.54, 1.807) is 48.0 Å². The smallest absolute Gasteiger partial charge is 0.358 e. The Labute approximate surface area is 182 Å². The van der Waals surface area contributed by atoms with Crippen LogP contribution in [0.5, 0.6) is 0 Å². The minimum atomic E-state index is -1.30. The van der Waals surface area contributed by atoms with Gasteiger partial charge in [-0.15, -0.1) is 0 Å². The number of carbonyl (C=O) groups excluding carboxylic acids is 3.